The molecule has 4 heteroatoms. The highest BCUT2D eigenvalue weighted by Crippen LogP contribution is 2.28. The Morgan fingerprint density at radius 3 is 2.55 bits per heavy atom. The zero-order valence-corrected chi connectivity index (χ0v) is 13.6. The number of benzene rings is 1. The quantitative estimate of drug-likeness (QED) is 0.856. The summed E-state index contributed by atoms with van der Waals surface area (Å²) in [4.78, 5) is 14.4. The van der Waals surface area contributed by atoms with E-state index in [-0.39, 0.29) is 5.91 Å². The lowest BCUT2D eigenvalue weighted by Crippen LogP contribution is -2.47. The molecule has 0 aromatic heterocycles. The Balaban J connectivity index is 1.97. The second-order valence-corrected chi connectivity index (χ2v) is 6.17. The highest BCUT2D eigenvalue weighted by molar-refractivity contribution is 5.81. The largest absolute Gasteiger partial charge is 0.481 e. The van der Waals surface area contributed by atoms with Crippen LogP contribution in [0.25, 0.3) is 0 Å². The predicted octanol–water partition coefficient (Wildman–Crippen LogP) is 3.36. The molecule has 1 aliphatic carbocycles. The van der Waals surface area contributed by atoms with E-state index < -0.39 is 6.10 Å². The van der Waals surface area contributed by atoms with E-state index in [1.165, 1.54) is 19.3 Å². The van der Waals surface area contributed by atoms with Gasteiger partial charge in [-0.15, -0.1) is 0 Å². The predicted molar refractivity (Wildman–Crippen MR) is 85.4 cm³/mol. The average molecular weight is 300 g/mol. The second kappa shape index (κ2) is 7.31. The molecule has 0 spiro atoms. The van der Waals surface area contributed by atoms with Gasteiger partial charge >= 0.3 is 0 Å². The van der Waals surface area contributed by atoms with Crippen molar-refractivity contribution < 1.29 is 9.53 Å². The summed E-state index contributed by atoms with van der Waals surface area (Å²) in [7, 11) is 1.88. The maximum Gasteiger partial charge on any atom is 0.263 e. The number of ether oxygens (including phenoxy) is 1. The molecule has 2 rings (SSSR count). The monoisotopic (exact) mass is 300 g/mol. The van der Waals surface area contributed by atoms with E-state index in [4.69, 9.17) is 10.00 Å². The van der Waals surface area contributed by atoms with Gasteiger partial charge in [-0.3, -0.25) is 4.79 Å². The van der Waals surface area contributed by atoms with Crippen molar-refractivity contribution in [1.82, 2.24) is 4.90 Å². The molecule has 0 aliphatic heterocycles. The van der Waals surface area contributed by atoms with Gasteiger partial charge in [-0.05, 0) is 49.9 Å². The van der Waals surface area contributed by atoms with Gasteiger partial charge in [-0.25, -0.2) is 0 Å². The first-order valence-corrected chi connectivity index (χ1v) is 7.96. The third kappa shape index (κ3) is 3.79. The van der Waals surface area contributed by atoms with Crippen LogP contribution in [0.5, 0.6) is 5.75 Å². The van der Waals surface area contributed by atoms with Gasteiger partial charge in [0.2, 0.25) is 0 Å². The number of hydrogen-bond acceptors (Lipinski definition) is 3. The molecule has 3 atom stereocenters. The number of hydrogen-bond donors (Lipinski definition) is 0. The number of carbonyl (C=O) groups is 1. The first-order chi connectivity index (χ1) is 10.5. The molecular weight excluding hydrogens is 276 g/mol. The van der Waals surface area contributed by atoms with Crippen LogP contribution in [0.1, 0.15) is 45.1 Å². The molecule has 1 aromatic rings. The smallest absolute Gasteiger partial charge is 0.263 e. The van der Waals surface area contributed by atoms with E-state index in [2.05, 4.69) is 13.0 Å². The number of carbonyl (C=O) groups excluding carboxylic acids is 1. The molecule has 0 saturated heterocycles. The Labute approximate surface area is 132 Å². The topological polar surface area (TPSA) is 53.3 Å². The fourth-order valence-electron chi connectivity index (χ4n) is 3.18. The summed E-state index contributed by atoms with van der Waals surface area (Å²) < 4.78 is 5.72. The van der Waals surface area contributed by atoms with E-state index in [1.807, 2.05) is 11.9 Å². The van der Waals surface area contributed by atoms with Crippen molar-refractivity contribution in [3.05, 3.63) is 29.8 Å². The van der Waals surface area contributed by atoms with Crippen LogP contribution in [0.15, 0.2) is 24.3 Å². The summed E-state index contributed by atoms with van der Waals surface area (Å²) >= 11 is 0. The van der Waals surface area contributed by atoms with Crippen molar-refractivity contribution in [1.29, 1.82) is 5.26 Å². The molecule has 0 N–H and O–H groups in total. The third-order valence-corrected chi connectivity index (χ3v) is 4.56. The molecule has 1 amide bonds. The van der Waals surface area contributed by atoms with Crippen molar-refractivity contribution in [3.63, 3.8) is 0 Å². The number of nitrogens with zero attached hydrogens (tertiary/aromatic N) is 2. The molecule has 1 fully saturated rings. The van der Waals surface area contributed by atoms with Crippen LogP contribution in [-0.4, -0.2) is 30.0 Å². The lowest BCUT2D eigenvalue weighted by Gasteiger charge is -2.37. The highest BCUT2D eigenvalue weighted by atomic mass is 16.5. The van der Waals surface area contributed by atoms with Crippen molar-refractivity contribution in [2.75, 3.05) is 7.05 Å². The normalized spacial score (nSPS) is 22.5. The van der Waals surface area contributed by atoms with Crippen LogP contribution >= 0.6 is 0 Å². The van der Waals surface area contributed by atoms with E-state index in [0.29, 0.717) is 23.3 Å². The van der Waals surface area contributed by atoms with E-state index >= 15 is 0 Å². The van der Waals surface area contributed by atoms with Crippen LogP contribution in [0.4, 0.5) is 0 Å². The summed E-state index contributed by atoms with van der Waals surface area (Å²) in [6, 6.07) is 9.22. The lowest BCUT2D eigenvalue weighted by molar-refractivity contribution is -0.140. The molecule has 0 bridgehead atoms. The average Bonchev–Trinajstić information content (AvgIpc) is 2.54. The first-order valence-electron chi connectivity index (χ1n) is 7.96. The van der Waals surface area contributed by atoms with Gasteiger partial charge in [0.15, 0.2) is 6.10 Å². The van der Waals surface area contributed by atoms with Crippen LogP contribution < -0.4 is 4.74 Å². The zero-order chi connectivity index (χ0) is 16.1. The van der Waals surface area contributed by atoms with Gasteiger partial charge in [-0.1, -0.05) is 19.8 Å². The second-order valence-electron chi connectivity index (χ2n) is 6.17. The van der Waals surface area contributed by atoms with Crippen molar-refractivity contribution in [2.24, 2.45) is 5.92 Å². The Morgan fingerprint density at radius 1 is 1.32 bits per heavy atom. The van der Waals surface area contributed by atoms with Crippen LogP contribution in [0.2, 0.25) is 0 Å². The fourth-order valence-corrected chi connectivity index (χ4v) is 3.18. The number of nitriles is 1. The highest BCUT2D eigenvalue weighted by Gasteiger charge is 2.30. The van der Waals surface area contributed by atoms with Crippen molar-refractivity contribution in [3.8, 4) is 11.8 Å². The number of likely N-dealkylation sites (N-methyl/N-ethyl adjacent to an activating group) is 1. The van der Waals surface area contributed by atoms with Crippen LogP contribution in [0, 0.1) is 17.2 Å². The molecule has 1 aromatic carbocycles. The number of amides is 1. The van der Waals surface area contributed by atoms with Crippen molar-refractivity contribution >= 4 is 5.91 Å². The summed E-state index contributed by atoms with van der Waals surface area (Å²) in [5.74, 6) is 1.18. The first kappa shape index (κ1) is 16.4. The Bertz CT molecular complexity index is 547. The summed E-state index contributed by atoms with van der Waals surface area (Å²) in [6.07, 6.45) is 4.20. The zero-order valence-electron chi connectivity index (χ0n) is 13.6. The van der Waals surface area contributed by atoms with Crippen LogP contribution in [0.3, 0.4) is 0 Å². The van der Waals surface area contributed by atoms with Crippen molar-refractivity contribution in [2.45, 2.75) is 51.7 Å². The minimum atomic E-state index is -0.521. The molecular formula is C18H24N2O2. The van der Waals surface area contributed by atoms with E-state index in [1.54, 1.807) is 31.2 Å². The molecule has 0 radical (unpaired) electrons. The van der Waals surface area contributed by atoms with Gasteiger partial charge in [0.05, 0.1) is 11.6 Å². The maximum absolute atomic E-state index is 12.6. The SMILES string of the molecule is CC(Oc1ccc(C#N)cc1)C(=O)N(C)C1CCCCC1C. The van der Waals surface area contributed by atoms with Gasteiger partial charge in [0, 0.05) is 13.1 Å². The Kier molecular flexibility index (Phi) is 5.43. The van der Waals surface area contributed by atoms with Gasteiger partial charge in [0.1, 0.15) is 5.75 Å². The summed E-state index contributed by atoms with van der Waals surface area (Å²) in [5, 5.41) is 8.79. The standard InChI is InChI=1S/C18H24N2O2/c1-13-6-4-5-7-17(13)20(3)18(21)14(2)22-16-10-8-15(12-19)9-11-16/h8-11,13-14,17H,4-7H2,1-3H3. The molecule has 0 heterocycles. The number of rotatable bonds is 4. The van der Waals surface area contributed by atoms with E-state index in [0.717, 1.165) is 6.42 Å². The lowest BCUT2D eigenvalue weighted by atomic mass is 9.85. The Morgan fingerprint density at radius 2 is 1.95 bits per heavy atom. The molecule has 118 valence electrons. The van der Waals surface area contributed by atoms with Crippen LogP contribution in [-0.2, 0) is 4.79 Å². The maximum atomic E-state index is 12.6. The molecule has 1 aliphatic rings. The minimum Gasteiger partial charge on any atom is -0.481 e. The molecule has 4 nitrogen and oxygen atoms in total. The summed E-state index contributed by atoms with van der Waals surface area (Å²) in [5.41, 5.74) is 0.583. The minimum absolute atomic E-state index is 0.0168. The molecule has 3 unspecified atom stereocenters. The van der Waals surface area contributed by atoms with E-state index in [9.17, 15) is 4.79 Å². The molecule has 1 saturated carbocycles. The van der Waals surface area contributed by atoms with Gasteiger partial charge < -0.3 is 9.64 Å². The van der Waals surface area contributed by atoms with Gasteiger partial charge in [-0.2, -0.15) is 5.26 Å². The molecule has 22 heavy (non-hydrogen) atoms. The van der Waals surface area contributed by atoms with Gasteiger partial charge in [0.25, 0.3) is 5.91 Å². The Hall–Kier alpha value is -2.02. The fraction of sp³-hybridized carbons (Fsp3) is 0.556. The summed E-state index contributed by atoms with van der Waals surface area (Å²) in [6.45, 7) is 4.00. The third-order valence-electron chi connectivity index (χ3n) is 4.56.